The predicted octanol–water partition coefficient (Wildman–Crippen LogP) is 1.76. The third-order valence-corrected chi connectivity index (χ3v) is 2.02. The molecule has 0 heterocycles. The fraction of sp³-hybridized carbons (Fsp3) is 0.273. The minimum Gasteiger partial charge on any atom is -0.494 e. The molecule has 0 aliphatic rings. The van der Waals surface area contributed by atoms with E-state index in [2.05, 4.69) is 0 Å². The van der Waals surface area contributed by atoms with Crippen LogP contribution < -0.4 is 14.2 Å². The summed E-state index contributed by atoms with van der Waals surface area (Å²) in [6.07, 6.45) is 3.17. The van der Waals surface area contributed by atoms with Crippen LogP contribution in [0.25, 0.3) is 6.08 Å². The van der Waals surface area contributed by atoms with Crippen molar-refractivity contribution < 1.29 is 19.1 Å². The SMILES string of the molecule is COc1cc(C=[C-][N+](=O)[O-])cc(OC)c1OC. The highest BCUT2D eigenvalue weighted by atomic mass is 16.6. The molecule has 1 aromatic carbocycles. The number of hydrogen-bond acceptors (Lipinski definition) is 5. The molecule has 0 saturated carbocycles. The number of ether oxygens (including phenoxy) is 3. The lowest BCUT2D eigenvalue weighted by Crippen LogP contribution is -1.95. The summed E-state index contributed by atoms with van der Waals surface area (Å²) in [5.74, 6) is 1.31. The first-order valence-corrected chi connectivity index (χ1v) is 4.66. The van der Waals surface area contributed by atoms with Crippen molar-refractivity contribution in [1.29, 1.82) is 0 Å². The molecule has 0 fully saturated rings. The van der Waals surface area contributed by atoms with Crippen molar-refractivity contribution in [3.8, 4) is 17.2 Å². The first-order valence-electron chi connectivity index (χ1n) is 4.66. The van der Waals surface area contributed by atoms with E-state index < -0.39 is 4.92 Å². The van der Waals surface area contributed by atoms with Crippen molar-refractivity contribution in [3.63, 3.8) is 0 Å². The molecule has 0 unspecified atom stereocenters. The Balaban J connectivity index is 3.22. The highest BCUT2D eigenvalue weighted by Gasteiger charge is 2.08. The number of nitro groups is 1. The Kier molecular flexibility index (Phi) is 4.33. The van der Waals surface area contributed by atoms with E-state index in [1.54, 1.807) is 12.1 Å². The quantitative estimate of drug-likeness (QED) is 0.338. The Morgan fingerprint density at radius 1 is 1.18 bits per heavy atom. The third-order valence-electron chi connectivity index (χ3n) is 2.02. The molecule has 17 heavy (non-hydrogen) atoms. The average molecular weight is 238 g/mol. The highest BCUT2D eigenvalue weighted by molar-refractivity contribution is 5.61. The number of methoxy groups -OCH3 is 3. The molecule has 0 spiro atoms. The minimum absolute atomic E-state index is 0.434. The maximum Gasteiger partial charge on any atom is 0.200 e. The molecular weight excluding hydrogens is 226 g/mol. The third kappa shape index (κ3) is 3.10. The van der Waals surface area contributed by atoms with E-state index in [1.807, 2.05) is 6.20 Å². The second kappa shape index (κ2) is 5.74. The minimum atomic E-state index is -0.664. The molecule has 6 heteroatoms. The predicted molar refractivity (Wildman–Crippen MR) is 60.8 cm³/mol. The number of nitrogens with zero attached hydrogens (tertiary/aromatic N) is 1. The van der Waals surface area contributed by atoms with Crippen LogP contribution in [0.3, 0.4) is 0 Å². The molecule has 92 valence electrons. The second-order valence-electron chi connectivity index (χ2n) is 2.99. The van der Waals surface area contributed by atoms with Crippen molar-refractivity contribution >= 4 is 6.08 Å². The number of rotatable bonds is 5. The zero-order valence-electron chi connectivity index (χ0n) is 9.72. The smallest absolute Gasteiger partial charge is 0.200 e. The zero-order chi connectivity index (χ0) is 12.8. The van der Waals surface area contributed by atoms with Crippen molar-refractivity contribution in [2.24, 2.45) is 0 Å². The molecule has 6 nitrogen and oxygen atoms in total. The molecule has 0 saturated heterocycles. The Hall–Kier alpha value is -2.24. The van der Waals surface area contributed by atoms with E-state index in [9.17, 15) is 10.1 Å². The molecule has 1 rings (SSSR count). The lowest BCUT2D eigenvalue weighted by Gasteiger charge is -2.15. The molecule has 0 atom stereocenters. The highest BCUT2D eigenvalue weighted by Crippen LogP contribution is 2.38. The summed E-state index contributed by atoms with van der Waals surface area (Å²) >= 11 is 0. The van der Waals surface area contributed by atoms with Crippen LogP contribution in [0.5, 0.6) is 17.2 Å². The van der Waals surface area contributed by atoms with Gasteiger partial charge in [-0.05, 0) is 4.92 Å². The van der Waals surface area contributed by atoms with Gasteiger partial charge in [0.15, 0.2) is 5.75 Å². The van der Waals surface area contributed by atoms with Gasteiger partial charge in [0.05, 0.1) is 21.3 Å². The first kappa shape index (κ1) is 12.8. The summed E-state index contributed by atoms with van der Waals surface area (Å²) in [6, 6.07) is 3.19. The van der Waals surface area contributed by atoms with Crippen LogP contribution in [0.1, 0.15) is 5.56 Å². The molecule has 0 N–H and O–H groups in total. The van der Waals surface area contributed by atoms with Crippen LogP contribution >= 0.6 is 0 Å². The molecule has 0 bridgehead atoms. The number of benzene rings is 1. The summed E-state index contributed by atoms with van der Waals surface area (Å²) in [7, 11) is 4.43. The van der Waals surface area contributed by atoms with E-state index >= 15 is 0 Å². The molecule has 0 aliphatic carbocycles. The molecule has 0 amide bonds. The van der Waals surface area contributed by atoms with Crippen molar-refractivity contribution in [3.05, 3.63) is 34.0 Å². The molecule has 1 aromatic rings. The van der Waals surface area contributed by atoms with Crippen molar-refractivity contribution in [1.82, 2.24) is 0 Å². The molecule has 0 radical (unpaired) electrons. The van der Waals surface area contributed by atoms with E-state index in [0.29, 0.717) is 22.8 Å². The van der Waals surface area contributed by atoms with Crippen LogP contribution in [0.4, 0.5) is 0 Å². The maximum absolute atomic E-state index is 10.2. The summed E-state index contributed by atoms with van der Waals surface area (Å²) in [5, 5.41) is 10.2. The lowest BCUT2D eigenvalue weighted by molar-refractivity contribution is -0.417. The van der Waals surface area contributed by atoms with Gasteiger partial charge in [-0.2, -0.15) is 11.6 Å². The fourth-order valence-corrected chi connectivity index (χ4v) is 1.31. The maximum atomic E-state index is 10.2. The van der Waals surface area contributed by atoms with Crippen LogP contribution in [0, 0.1) is 16.3 Å². The van der Waals surface area contributed by atoms with E-state index in [4.69, 9.17) is 14.2 Å². The topological polar surface area (TPSA) is 70.8 Å². The van der Waals surface area contributed by atoms with Crippen molar-refractivity contribution in [2.75, 3.05) is 21.3 Å². The van der Waals surface area contributed by atoms with Gasteiger partial charge in [-0.1, -0.05) is 12.1 Å². The van der Waals surface area contributed by atoms with Gasteiger partial charge < -0.3 is 14.2 Å². The van der Waals surface area contributed by atoms with E-state index in [-0.39, 0.29) is 0 Å². The Morgan fingerprint density at radius 3 is 2.06 bits per heavy atom. The molecular formula is C11H12NO5-. The van der Waals surface area contributed by atoms with E-state index in [0.717, 1.165) is 0 Å². The molecule has 0 aromatic heterocycles. The van der Waals surface area contributed by atoms with Crippen LogP contribution in [-0.4, -0.2) is 26.3 Å². The molecule has 0 aliphatic heterocycles. The Labute approximate surface area is 98.6 Å². The summed E-state index contributed by atoms with van der Waals surface area (Å²) in [4.78, 5) is 9.52. The fourth-order valence-electron chi connectivity index (χ4n) is 1.31. The van der Waals surface area contributed by atoms with Gasteiger partial charge in [-0.25, -0.2) is 0 Å². The zero-order valence-corrected chi connectivity index (χ0v) is 9.72. The van der Waals surface area contributed by atoms with Gasteiger partial charge in [0.25, 0.3) is 0 Å². The average Bonchev–Trinajstić information content (AvgIpc) is 2.34. The Bertz CT molecular complexity index is 416. The van der Waals surface area contributed by atoms with Gasteiger partial charge in [-0.15, -0.1) is 0 Å². The van der Waals surface area contributed by atoms with Crippen LogP contribution in [0.2, 0.25) is 0 Å². The summed E-state index contributed by atoms with van der Waals surface area (Å²) < 4.78 is 15.3. The summed E-state index contributed by atoms with van der Waals surface area (Å²) in [5.41, 5.74) is 0.538. The first-order chi connectivity index (χ1) is 8.12. The lowest BCUT2D eigenvalue weighted by atomic mass is 10.2. The van der Waals surface area contributed by atoms with Gasteiger partial charge in [-0.3, -0.25) is 10.1 Å². The van der Waals surface area contributed by atoms with Gasteiger partial charge in [0.1, 0.15) is 17.7 Å². The largest absolute Gasteiger partial charge is 0.494 e. The normalized spacial score (nSPS) is 10.3. The van der Waals surface area contributed by atoms with E-state index in [1.165, 1.54) is 27.4 Å². The second-order valence-corrected chi connectivity index (χ2v) is 2.99. The van der Waals surface area contributed by atoms with Gasteiger partial charge in [0, 0.05) is 0 Å². The van der Waals surface area contributed by atoms with Crippen LogP contribution in [-0.2, 0) is 0 Å². The van der Waals surface area contributed by atoms with Gasteiger partial charge >= 0.3 is 0 Å². The van der Waals surface area contributed by atoms with Crippen molar-refractivity contribution in [2.45, 2.75) is 0 Å². The van der Waals surface area contributed by atoms with Crippen LogP contribution in [0.15, 0.2) is 12.1 Å². The van der Waals surface area contributed by atoms with Gasteiger partial charge in [0.2, 0.25) is 0 Å². The standard InChI is InChI=1S/C11H12NO5/c1-15-9-6-8(4-5-12(13)14)7-10(16-2)11(9)17-3/h4,6-7H,1-3H3/q-1. The summed E-state index contributed by atoms with van der Waals surface area (Å²) in [6.45, 7) is 0. The number of hydrogen-bond donors (Lipinski definition) is 0. The monoisotopic (exact) mass is 238 g/mol. The Morgan fingerprint density at radius 2 is 1.71 bits per heavy atom.